The number of amides is 1. The lowest BCUT2D eigenvalue weighted by molar-refractivity contribution is 0.102. The van der Waals surface area contributed by atoms with Crippen molar-refractivity contribution >= 4 is 32.6 Å². The van der Waals surface area contributed by atoms with E-state index in [1.165, 1.54) is 28.0 Å². The zero-order valence-corrected chi connectivity index (χ0v) is 19.6. The van der Waals surface area contributed by atoms with Gasteiger partial charge in [0, 0.05) is 6.20 Å². The van der Waals surface area contributed by atoms with Crippen molar-refractivity contribution in [1.29, 1.82) is 0 Å². The number of carbonyl (C=O) groups excluding carboxylic acids is 1. The normalized spacial score (nSPS) is 9.71. The maximum absolute atomic E-state index is 12.1. The number of nitrogens with one attached hydrogen (secondary N) is 1. The molecule has 4 rings (SSSR count). The molecule has 0 aliphatic carbocycles. The van der Waals surface area contributed by atoms with E-state index in [1.807, 2.05) is 39.0 Å². The first-order valence-electron chi connectivity index (χ1n) is 10.0. The molecule has 0 saturated heterocycles. The summed E-state index contributed by atoms with van der Waals surface area (Å²) in [4.78, 5) is 20.6. The number of allylic oxidation sites excluding steroid dienone is 1. The predicted octanol–water partition coefficient (Wildman–Crippen LogP) is 7.06. The van der Waals surface area contributed by atoms with Crippen molar-refractivity contribution in [1.82, 2.24) is 9.97 Å². The van der Waals surface area contributed by atoms with Crippen LogP contribution in [-0.4, -0.2) is 15.9 Å². The van der Waals surface area contributed by atoms with Crippen LogP contribution in [0.5, 0.6) is 0 Å². The minimum atomic E-state index is -0.235. The second-order valence-corrected chi connectivity index (χ2v) is 8.26. The molecule has 160 valence electrons. The molecule has 0 radical (unpaired) electrons. The van der Waals surface area contributed by atoms with Gasteiger partial charge >= 0.3 is 0 Å². The number of aromatic nitrogens is 2. The van der Waals surface area contributed by atoms with Gasteiger partial charge in [0.1, 0.15) is 5.69 Å². The highest BCUT2D eigenvalue weighted by molar-refractivity contribution is 7.22. The van der Waals surface area contributed by atoms with Gasteiger partial charge in [0.2, 0.25) is 0 Å². The van der Waals surface area contributed by atoms with Gasteiger partial charge in [-0.15, -0.1) is 6.58 Å². The second kappa shape index (κ2) is 11.8. The van der Waals surface area contributed by atoms with Crippen molar-refractivity contribution in [2.24, 2.45) is 0 Å². The average molecular weight is 432 g/mol. The van der Waals surface area contributed by atoms with E-state index >= 15 is 0 Å². The third-order valence-corrected chi connectivity index (χ3v) is 5.06. The summed E-state index contributed by atoms with van der Waals surface area (Å²) in [7, 11) is 0. The monoisotopic (exact) mass is 431 g/mol. The van der Waals surface area contributed by atoms with Crippen LogP contribution in [0.1, 0.15) is 39.7 Å². The summed E-state index contributed by atoms with van der Waals surface area (Å²) in [5, 5.41) is 3.39. The summed E-state index contributed by atoms with van der Waals surface area (Å²) >= 11 is 1.47. The third-order valence-electron chi connectivity index (χ3n) is 4.13. The minimum Gasteiger partial charge on any atom is -0.296 e. The maximum atomic E-state index is 12.1. The molecule has 0 aliphatic rings. The lowest BCUT2D eigenvalue weighted by Gasteiger charge is -2.00. The number of rotatable bonds is 2. The van der Waals surface area contributed by atoms with Crippen LogP contribution in [0.25, 0.3) is 10.2 Å². The molecule has 0 unspecified atom stereocenters. The molecule has 0 spiro atoms. The van der Waals surface area contributed by atoms with Gasteiger partial charge < -0.3 is 0 Å². The summed E-state index contributed by atoms with van der Waals surface area (Å²) in [6.07, 6.45) is 3.43. The Kier molecular flexibility index (Phi) is 9.10. The Morgan fingerprint density at radius 3 is 2.00 bits per heavy atom. The zero-order chi connectivity index (χ0) is 22.8. The van der Waals surface area contributed by atoms with Gasteiger partial charge in [-0.1, -0.05) is 64.9 Å². The molecular weight excluding hydrogens is 402 g/mol. The largest absolute Gasteiger partial charge is 0.296 e. The Bertz CT molecular complexity index is 1110. The Balaban J connectivity index is 0.000000258. The molecule has 4 nitrogen and oxygen atoms in total. The summed E-state index contributed by atoms with van der Waals surface area (Å²) in [5.74, 6) is -0.235. The fourth-order valence-corrected chi connectivity index (χ4v) is 3.44. The fraction of sp³-hybridized carbons (Fsp3) is 0.192. The van der Waals surface area contributed by atoms with Crippen molar-refractivity contribution < 1.29 is 4.79 Å². The third kappa shape index (κ3) is 7.79. The average Bonchev–Trinajstić information content (AvgIpc) is 3.13. The van der Waals surface area contributed by atoms with E-state index in [0.29, 0.717) is 10.8 Å². The van der Waals surface area contributed by atoms with Gasteiger partial charge in [0.05, 0.1) is 10.2 Å². The molecule has 1 N–H and O–H groups in total. The van der Waals surface area contributed by atoms with Crippen molar-refractivity contribution in [2.75, 3.05) is 5.32 Å². The van der Waals surface area contributed by atoms with E-state index in [9.17, 15) is 4.79 Å². The van der Waals surface area contributed by atoms with Crippen LogP contribution in [0.2, 0.25) is 0 Å². The van der Waals surface area contributed by atoms with Crippen LogP contribution in [0.15, 0.2) is 73.4 Å². The van der Waals surface area contributed by atoms with Gasteiger partial charge in [0.15, 0.2) is 5.13 Å². The molecule has 0 fully saturated rings. The lowest BCUT2D eigenvalue weighted by atomic mass is 10.2. The van der Waals surface area contributed by atoms with E-state index in [1.54, 1.807) is 18.3 Å². The van der Waals surface area contributed by atoms with Crippen LogP contribution in [-0.2, 0) is 0 Å². The number of nitrogens with zero attached hydrogens (tertiary/aromatic N) is 2. The molecular formula is C26H29N3OS. The lowest BCUT2D eigenvalue weighted by Crippen LogP contribution is -2.13. The zero-order valence-electron chi connectivity index (χ0n) is 18.8. The van der Waals surface area contributed by atoms with Crippen molar-refractivity contribution in [2.45, 2.75) is 34.6 Å². The smallest absolute Gasteiger partial charge is 0.276 e. The highest BCUT2D eigenvalue weighted by Gasteiger charge is 2.10. The molecule has 4 aromatic rings. The van der Waals surface area contributed by atoms with E-state index in [0.717, 1.165) is 15.8 Å². The standard InChI is InChI=1S/C15H13N3OS.C8H10.C3H6/c1-9-3-5-11-13(7-9)20-15(17-11)18-14(19)12-6-4-10(2)8-16-12;1-7-3-5-8(2)6-4-7;1-3-2/h3-8H,1-2H3,(H,17,18,19);3-6H,1-2H3;3H,1H2,2H3. The molecule has 0 atom stereocenters. The van der Waals surface area contributed by atoms with Crippen molar-refractivity contribution in [3.05, 3.63) is 101 Å². The van der Waals surface area contributed by atoms with Crippen molar-refractivity contribution in [3.8, 4) is 0 Å². The first-order chi connectivity index (χ1) is 14.8. The number of aryl methyl sites for hydroxylation is 4. The number of hydrogen-bond donors (Lipinski definition) is 1. The Morgan fingerprint density at radius 2 is 1.45 bits per heavy atom. The van der Waals surface area contributed by atoms with Crippen LogP contribution in [0.3, 0.4) is 0 Å². The quantitative estimate of drug-likeness (QED) is 0.346. The van der Waals surface area contributed by atoms with Crippen LogP contribution in [0.4, 0.5) is 5.13 Å². The summed E-state index contributed by atoms with van der Waals surface area (Å²) in [5.41, 5.74) is 6.15. The van der Waals surface area contributed by atoms with Crippen LogP contribution >= 0.6 is 11.3 Å². The number of anilines is 1. The molecule has 2 heterocycles. The van der Waals surface area contributed by atoms with E-state index in [-0.39, 0.29) is 5.91 Å². The fourth-order valence-electron chi connectivity index (χ4n) is 2.49. The highest BCUT2D eigenvalue weighted by atomic mass is 32.1. The second-order valence-electron chi connectivity index (χ2n) is 7.23. The van der Waals surface area contributed by atoms with Crippen LogP contribution < -0.4 is 5.32 Å². The maximum Gasteiger partial charge on any atom is 0.276 e. The van der Waals surface area contributed by atoms with Gasteiger partial charge in [-0.2, -0.15) is 0 Å². The van der Waals surface area contributed by atoms with Gasteiger partial charge in [0.25, 0.3) is 5.91 Å². The van der Waals surface area contributed by atoms with E-state index < -0.39 is 0 Å². The number of pyridine rings is 1. The highest BCUT2D eigenvalue weighted by Crippen LogP contribution is 2.26. The van der Waals surface area contributed by atoms with E-state index in [2.05, 4.69) is 66.0 Å². The molecule has 2 aromatic heterocycles. The first-order valence-corrected chi connectivity index (χ1v) is 10.9. The van der Waals surface area contributed by atoms with Gasteiger partial charge in [-0.05, 0) is 63.9 Å². The number of thiazole rings is 1. The predicted molar refractivity (Wildman–Crippen MR) is 133 cm³/mol. The summed E-state index contributed by atoms with van der Waals surface area (Å²) < 4.78 is 1.07. The molecule has 5 heteroatoms. The summed E-state index contributed by atoms with van der Waals surface area (Å²) in [6, 6.07) is 18.1. The SMILES string of the molecule is C=CC.Cc1ccc(C(=O)Nc2nc3ccc(C)cc3s2)nc1.Cc1ccc(C)cc1. The molecule has 0 bridgehead atoms. The van der Waals surface area contributed by atoms with Crippen molar-refractivity contribution in [3.63, 3.8) is 0 Å². The molecule has 2 aromatic carbocycles. The molecule has 0 saturated carbocycles. The summed E-state index contributed by atoms with van der Waals surface area (Å²) in [6.45, 7) is 13.4. The minimum absolute atomic E-state index is 0.235. The number of benzene rings is 2. The number of carbonyl (C=O) groups is 1. The van der Waals surface area contributed by atoms with Gasteiger partial charge in [-0.25, -0.2) is 4.98 Å². The van der Waals surface area contributed by atoms with E-state index in [4.69, 9.17) is 0 Å². The Labute approximate surface area is 188 Å². The topological polar surface area (TPSA) is 54.9 Å². The number of hydrogen-bond acceptors (Lipinski definition) is 4. The van der Waals surface area contributed by atoms with Gasteiger partial charge in [-0.3, -0.25) is 15.1 Å². The molecule has 1 amide bonds. The Hall–Kier alpha value is -3.31. The first kappa shape index (κ1) is 24.0. The Morgan fingerprint density at radius 1 is 0.903 bits per heavy atom. The molecule has 0 aliphatic heterocycles. The van der Waals surface area contributed by atoms with Crippen LogP contribution in [0, 0.1) is 27.7 Å². The number of fused-ring (bicyclic) bond motifs is 1. The molecule has 31 heavy (non-hydrogen) atoms.